The van der Waals surface area contributed by atoms with Crippen molar-refractivity contribution in [1.82, 2.24) is 4.90 Å². The van der Waals surface area contributed by atoms with E-state index in [9.17, 15) is 9.18 Å². The second kappa shape index (κ2) is 8.61. The minimum atomic E-state index is -0.312. The zero-order valence-electron chi connectivity index (χ0n) is 14.2. The van der Waals surface area contributed by atoms with Crippen LogP contribution in [0.5, 0.6) is 5.75 Å². The molecule has 0 bridgehead atoms. The number of likely N-dealkylation sites (N-methyl/N-ethyl adjacent to an activating group) is 1. The van der Waals surface area contributed by atoms with Crippen LogP contribution in [0.2, 0.25) is 10.0 Å². The molecular weight excluding hydrogens is 428 g/mol. The van der Waals surface area contributed by atoms with Crippen LogP contribution >= 0.6 is 47.2 Å². The third-order valence-corrected chi connectivity index (χ3v) is 5.74. The quantitative estimate of drug-likeness (QED) is 0.424. The first-order valence-corrected chi connectivity index (χ1v) is 9.98. The minimum Gasteiger partial charge on any atom is -0.486 e. The van der Waals surface area contributed by atoms with Gasteiger partial charge in [-0.25, -0.2) is 4.39 Å². The van der Waals surface area contributed by atoms with Crippen LogP contribution in [0, 0.1) is 5.82 Å². The fourth-order valence-corrected chi connectivity index (χ4v) is 4.46. The second-order valence-corrected chi connectivity index (χ2v) is 8.14. The molecule has 3 rings (SSSR count). The Labute approximate surface area is 176 Å². The van der Waals surface area contributed by atoms with Crippen molar-refractivity contribution in [1.29, 1.82) is 0 Å². The van der Waals surface area contributed by atoms with Gasteiger partial charge >= 0.3 is 0 Å². The molecule has 1 heterocycles. The van der Waals surface area contributed by atoms with Gasteiger partial charge < -0.3 is 4.74 Å². The molecule has 1 aliphatic heterocycles. The number of thioether (sulfide) groups is 1. The van der Waals surface area contributed by atoms with Gasteiger partial charge in [0.15, 0.2) is 5.75 Å². The van der Waals surface area contributed by atoms with Gasteiger partial charge in [0.1, 0.15) is 16.7 Å². The first-order chi connectivity index (χ1) is 12.9. The van der Waals surface area contributed by atoms with Crippen molar-refractivity contribution in [3.05, 3.63) is 68.3 Å². The fourth-order valence-electron chi connectivity index (χ4n) is 2.46. The van der Waals surface area contributed by atoms with E-state index in [0.29, 0.717) is 37.1 Å². The summed E-state index contributed by atoms with van der Waals surface area (Å²) < 4.78 is 19.2. The molecule has 1 fully saturated rings. The summed E-state index contributed by atoms with van der Waals surface area (Å²) in [6.07, 6.45) is 1.70. The topological polar surface area (TPSA) is 29.5 Å². The summed E-state index contributed by atoms with van der Waals surface area (Å²) in [7, 11) is 0. The lowest BCUT2D eigenvalue weighted by Gasteiger charge is -2.11. The lowest BCUT2D eigenvalue weighted by Crippen LogP contribution is -2.27. The van der Waals surface area contributed by atoms with Gasteiger partial charge in [0.25, 0.3) is 5.91 Å². The highest BCUT2D eigenvalue weighted by Crippen LogP contribution is 2.37. The van der Waals surface area contributed by atoms with Crippen LogP contribution in [0.3, 0.4) is 0 Å². The Bertz CT molecular complexity index is 909. The van der Waals surface area contributed by atoms with E-state index in [1.807, 2.05) is 6.92 Å². The molecule has 0 radical (unpaired) electrons. The van der Waals surface area contributed by atoms with E-state index < -0.39 is 0 Å². The molecule has 0 spiro atoms. The molecule has 2 aromatic rings. The van der Waals surface area contributed by atoms with Crippen molar-refractivity contribution in [2.24, 2.45) is 0 Å². The zero-order chi connectivity index (χ0) is 19.6. The average molecular weight is 442 g/mol. The van der Waals surface area contributed by atoms with Crippen LogP contribution in [-0.4, -0.2) is 21.7 Å². The average Bonchev–Trinajstić information content (AvgIpc) is 2.88. The molecule has 0 N–H and O–H groups in total. The highest BCUT2D eigenvalue weighted by molar-refractivity contribution is 8.26. The summed E-state index contributed by atoms with van der Waals surface area (Å²) in [6.45, 7) is 2.60. The molecule has 0 unspecified atom stereocenters. The Morgan fingerprint density at radius 2 is 1.85 bits per heavy atom. The number of hydrogen-bond donors (Lipinski definition) is 0. The molecular formula is C19H14Cl2FNO2S2. The van der Waals surface area contributed by atoms with Gasteiger partial charge in [-0.2, -0.15) is 0 Å². The maximum Gasteiger partial charge on any atom is 0.266 e. The number of amides is 1. The number of carbonyl (C=O) groups excluding carboxylic acids is 1. The predicted molar refractivity (Wildman–Crippen MR) is 113 cm³/mol. The third-order valence-electron chi connectivity index (χ3n) is 3.80. The van der Waals surface area contributed by atoms with E-state index in [2.05, 4.69) is 0 Å². The van der Waals surface area contributed by atoms with Gasteiger partial charge in [-0.05, 0) is 48.4 Å². The van der Waals surface area contributed by atoms with Crippen LogP contribution < -0.4 is 4.74 Å². The van der Waals surface area contributed by atoms with Crippen molar-refractivity contribution in [3.63, 3.8) is 0 Å². The van der Waals surface area contributed by atoms with E-state index in [-0.39, 0.29) is 18.3 Å². The number of thiocarbonyl (C=S) groups is 1. The van der Waals surface area contributed by atoms with E-state index in [4.69, 9.17) is 40.2 Å². The molecule has 1 aliphatic rings. The molecule has 3 nitrogen and oxygen atoms in total. The predicted octanol–water partition coefficient (Wildman–Crippen LogP) is 5.93. The van der Waals surface area contributed by atoms with Crippen LogP contribution in [0.4, 0.5) is 4.39 Å². The maximum atomic E-state index is 13.0. The summed E-state index contributed by atoms with van der Waals surface area (Å²) in [5.41, 5.74) is 1.46. The van der Waals surface area contributed by atoms with Crippen LogP contribution in [0.1, 0.15) is 18.1 Å². The molecule has 0 aromatic heterocycles. The number of ether oxygens (including phenoxy) is 1. The first kappa shape index (κ1) is 20.1. The Kier molecular flexibility index (Phi) is 6.42. The summed E-state index contributed by atoms with van der Waals surface area (Å²) in [5, 5.41) is 0.642. The van der Waals surface area contributed by atoms with Crippen molar-refractivity contribution < 1.29 is 13.9 Å². The highest BCUT2D eigenvalue weighted by Gasteiger charge is 2.30. The lowest BCUT2D eigenvalue weighted by molar-refractivity contribution is -0.121. The maximum absolute atomic E-state index is 13.0. The van der Waals surface area contributed by atoms with Gasteiger partial charge in [-0.15, -0.1) is 0 Å². The minimum absolute atomic E-state index is 0.128. The van der Waals surface area contributed by atoms with E-state index in [1.165, 1.54) is 28.8 Å². The van der Waals surface area contributed by atoms with Crippen LogP contribution in [-0.2, 0) is 11.4 Å². The molecule has 1 amide bonds. The summed E-state index contributed by atoms with van der Waals surface area (Å²) in [4.78, 5) is 14.4. The lowest BCUT2D eigenvalue weighted by atomic mass is 10.2. The van der Waals surface area contributed by atoms with E-state index in [1.54, 1.807) is 30.3 Å². The smallest absolute Gasteiger partial charge is 0.266 e. The molecule has 27 heavy (non-hydrogen) atoms. The van der Waals surface area contributed by atoms with E-state index in [0.717, 1.165) is 5.56 Å². The van der Waals surface area contributed by atoms with Gasteiger partial charge in [-0.1, -0.05) is 59.3 Å². The molecule has 0 aliphatic carbocycles. The van der Waals surface area contributed by atoms with Gasteiger partial charge in [0.2, 0.25) is 0 Å². The molecule has 1 saturated heterocycles. The standard InChI is InChI=1S/C19H14Cl2FNO2S2/c1-2-23-18(24)16(27-19(23)26)9-12-7-14(20)17(15(21)8-12)25-10-11-3-5-13(22)6-4-11/h3-9H,2,10H2,1H3/b16-9-. The zero-order valence-corrected chi connectivity index (χ0v) is 17.3. The Hall–Kier alpha value is -1.60. The largest absolute Gasteiger partial charge is 0.486 e. The molecule has 0 atom stereocenters. The first-order valence-electron chi connectivity index (χ1n) is 8.00. The molecule has 8 heteroatoms. The van der Waals surface area contributed by atoms with Gasteiger partial charge in [0.05, 0.1) is 15.0 Å². The SMILES string of the molecule is CCN1C(=O)/C(=C/c2cc(Cl)c(OCc3ccc(F)cc3)c(Cl)c2)SC1=S. The fraction of sp³-hybridized carbons (Fsp3) is 0.158. The monoisotopic (exact) mass is 441 g/mol. The Morgan fingerprint density at radius 3 is 2.41 bits per heavy atom. The number of hydrogen-bond acceptors (Lipinski definition) is 4. The van der Waals surface area contributed by atoms with Gasteiger partial charge in [-0.3, -0.25) is 9.69 Å². The van der Waals surface area contributed by atoms with Crippen molar-refractivity contribution >= 4 is 63.5 Å². The molecule has 2 aromatic carbocycles. The molecule has 0 saturated carbocycles. The number of rotatable bonds is 5. The summed E-state index contributed by atoms with van der Waals surface area (Å²) in [6, 6.07) is 9.31. The van der Waals surface area contributed by atoms with Crippen LogP contribution in [0.25, 0.3) is 6.08 Å². The molecule has 140 valence electrons. The number of halogens is 3. The normalized spacial score (nSPS) is 15.7. The Balaban J connectivity index is 1.79. The highest BCUT2D eigenvalue weighted by atomic mass is 35.5. The van der Waals surface area contributed by atoms with E-state index >= 15 is 0 Å². The number of carbonyl (C=O) groups is 1. The Morgan fingerprint density at radius 1 is 1.22 bits per heavy atom. The summed E-state index contributed by atoms with van der Waals surface area (Å²) >= 11 is 19.1. The van der Waals surface area contributed by atoms with Crippen LogP contribution in [0.15, 0.2) is 41.3 Å². The van der Waals surface area contributed by atoms with Crippen molar-refractivity contribution in [3.8, 4) is 5.75 Å². The van der Waals surface area contributed by atoms with Crippen molar-refractivity contribution in [2.75, 3.05) is 6.54 Å². The second-order valence-electron chi connectivity index (χ2n) is 5.65. The van der Waals surface area contributed by atoms with Crippen molar-refractivity contribution in [2.45, 2.75) is 13.5 Å². The number of benzene rings is 2. The van der Waals surface area contributed by atoms with Gasteiger partial charge in [0, 0.05) is 6.54 Å². The number of nitrogens with zero attached hydrogens (tertiary/aromatic N) is 1. The third kappa shape index (κ3) is 4.63. The summed E-state index contributed by atoms with van der Waals surface area (Å²) in [5.74, 6) is -0.107.